The molecule has 112 valence electrons. The van der Waals surface area contributed by atoms with Gasteiger partial charge >= 0.3 is 0 Å². The lowest BCUT2D eigenvalue weighted by atomic mass is 10.2. The van der Waals surface area contributed by atoms with E-state index in [9.17, 15) is 4.79 Å². The number of ether oxygens (including phenoxy) is 1. The van der Waals surface area contributed by atoms with Crippen molar-refractivity contribution in [3.8, 4) is 6.07 Å². The first-order valence-corrected chi connectivity index (χ1v) is 7.28. The van der Waals surface area contributed by atoms with Gasteiger partial charge in [0.1, 0.15) is 12.6 Å². The van der Waals surface area contributed by atoms with Gasteiger partial charge in [-0.15, -0.1) is 0 Å². The second-order valence-corrected chi connectivity index (χ2v) is 5.09. The zero-order valence-corrected chi connectivity index (χ0v) is 12.4. The van der Waals surface area contributed by atoms with Crippen LogP contribution >= 0.6 is 0 Å². The summed E-state index contributed by atoms with van der Waals surface area (Å²) in [4.78, 5) is 16.1. The van der Waals surface area contributed by atoms with Crippen molar-refractivity contribution in [2.75, 3.05) is 32.8 Å². The molecule has 0 aromatic heterocycles. The summed E-state index contributed by atoms with van der Waals surface area (Å²) in [6, 6.07) is 12.2. The molecule has 1 aromatic carbocycles. The lowest BCUT2D eigenvalue weighted by molar-refractivity contribution is -0.148. The van der Waals surface area contributed by atoms with Crippen molar-refractivity contribution in [1.82, 2.24) is 9.80 Å². The van der Waals surface area contributed by atoms with Crippen LogP contribution in [0.15, 0.2) is 30.3 Å². The molecule has 1 aromatic rings. The van der Waals surface area contributed by atoms with Crippen molar-refractivity contribution < 1.29 is 9.53 Å². The lowest BCUT2D eigenvalue weighted by Gasteiger charge is -2.34. The summed E-state index contributed by atoms with van der Waals surface area (Å²) in [5.41, 5.74) is 1.23. The Hall–Kier alpha value is -1.90. The molecule has 0 aliphatic carbocycles. The first-order chi connectivity index (χ1) is 10.2. The monoisotopic (exact) mass is 287 g/mol. The molecule has 0 bridgehead atoms. The Kier molecular flexibility index (Phi) is 5.73. The number of benzene rings is 1. The van der Waals surface area contributed by atoms with Crippen LogP contribution in [0.3, 0.4) is 0 Å². The standard InChI is InChI=1S/C16H21N3O2/c1-2-19(9-8-17)16(20)15-13-18(10-11-21-15)12-14-6-4-3-5-7-14/h3-7,15H,2,9-13H2,1H3. The number of nitrogens with zero attached hydrogens (tertiary/aromatic N) is 3. The summed E-state index contributed by atoms with van der Waals surface area (Å²) in [7, 11) is 0. The second-order valence-electron chi connectivity index (χ2n) is 5.09. The summed E-state index contributed by atoms with van der Waals surface area (Å²) >= 11 is 0. The minimum Gasteiger partial charge on any atom is -0.366 e. The van der Waals surface area contributed by atoms with Crippen LogP contribution in [-0.4, -0.2) is 54.6 Å². The number of likely N-dealkylation sites (N-methyl/N-ethyl adjacent to an activating group) is 1. The van der Waals surface area contributed by atoms with E-state index in [0.717, 1.165) is 13.1 Å². The lowest BCUT2D eigenvalue weighted by Crippen LogP contribution is -2.50. The van der Waals surface area contributed by atoms with E-state index in [1.54, 1.807) is 0 Å². The van der Waals surface area contributed by atoms with Crippen LogP contribution in [0.25, 0.3) is 0 Å². The van der Waals surface area contributed by atoms with Crippen LogP contribution in [0, 0.1) is 11.3 Å². The van der Waals surface area contributed by atoms with E-state index < -0.39 is 6.10 Å². The van der Waals surface area contributed by atoms with E-state index in [4.69, 9.17) is 10.00 Å². The Balaban J connectivity index is 1.94. The highest BCUT2D eigenvalue weighted by Crippen LogP contribution is 2.12. The maximum absolute atomic E-state index is 12.3. The number of amides is 1. The van der Waals surface area contributed by atoms with E-state index in [0.29, 0.717) is 19.7 Å². The smallest absolute Gasteiger partial charge is 0.253 e. The predicted octanol–water partition coefficient (Wildman–Crippen LogP) is 1.26. The molecule has 0 radical (unpaired) electrons. The molecule has 1 aliphatic heterocycles. The van der Waals surface area contributed by atoms with Gasteiger partial charge in [0.2, 0.25) is 0 Å². The number of hydrogen-bond donors (Lipinski definition) is 0. The summed E-state index contributed by atoms with van der Waals surface area (Å²) in [6.07, 6.45) is -0.462. The van der Waals surface area contributed by atoms with Crippen molar-refractivity contribution in [2.24, 2.45) is 0 Å². The molecule has 1 fully saturated rings. The van der Waals surface area contributed by atoms with E-state index in [1.165, 1.54) is 10.5 Å². The highest BCUT2D eigenvalue weighted by molar-refractivity contribution is 5.81. The van der Waals surface area contributed by atoms with Crippen LogP contribution in [0.1, 0.15) is 12.5 Å². The molecule has 1 atom stereocenters. The van der Waals surface area contributed by atoms with Crippen molar-refractivity contribution in [1.29, 1.82) is 5.26 Å². The maximum Gasteiger partial charge on any atom is 0.253 e. The van der Waals surface area contributed by atoms with E-state index >= 15 is 0 Å². The fourth-order valence-corrected chi connectivity index (χ4v) is 2.47. The fourth-order valence-electron chi connectivity index (χ4n) is 2.47. The highest BCUT2D eigenvalue weighted by Gasteiger charge is 2.29. The van der Waals surface area contributed by atoms with Crippen LogP contribution < -0.4 is 0 Å². The summed E-state index contributed by atoms with van der Waals surface area (Å²) in [6.45, 7) is 5.29. The molecule has 1 aliphatic rings. The SMILES string of the molecule is CCN(CC#N)C(=O)C1CN(Cc2ccccc2)CCO1. The Morgan fingerprint density at radius 1 is 1.48 bits per heavy atom. The first kappa shape index (κ1) is 15.5. The normalized spacial score (nSPS) is 19.0. The molecule has 1 saturated heterocycles. The summed E-state index contributed by atoms with van der Waals surface area (Å²) < 4.78 is 5.59. The van der Waals surface area contributed by atoms with Gasteiger partial charge in [-0.3, -0.25) is 9.69 Å². The second kappa shape index (κ2) is 7.77. The highest BCUT2D eigenvalue weighted by atomic mass is 16.5. The number of hydrogen-bond acceptors (Lipinski definition) is 4. The number of morpholine rings is 1. The molecule has 21 heavy (non-hydrogen) atoms. The Labute approximate surface area is 125 Å². The first-order valence-electron chi connectivity index (χ1n) is 7.28. The molecular formula is C16H21N3O2. The van der Waals surface area contributed by atoms with Gasteiger partial charge in [-0.2, -0.15) is 5.26 Å². The van der Waals surface area contributed by atoms with E-state index in [-0.39, 0.29) is 12.5 Å². The Morgan fingerprint density at radius 2 is 2.24 bits per heavy atom. The topological polar surface area (TPSA) is 56.6 Å². The van der Waals surface area contributed by atoms with E-state index in [2.05, 4.69) is 17.0 Å². The molecular weight excluding hydrogens is 266 g/mol. The van der Waals surface area contributed by atoms with Crippen molar-refractivity contribution >= 4 is 5.91 Å². The molecule has 0 saturated carbocycles. The predicted molar refractivity (Wildman–Crippen MR) is 79.3 cm³/mol. The van der Waals surface area contributed by atoms with Gasteiger partial charge in [-0.25, -0.2) is 0 Å². The molecule has 5 heteroatoms. The minimum absolute atomic E-state index is 0.0863. The molecule has 0 N–H and O–H groups in total. The van der Waals surface area contributed by atoms with Gasteiger partial charge in [0.25, 0.3) is 5.91 Å². The fraction of sp³-hybridized carbons (Fsp3) is 0.500. The number of nitriles is 1. The molecule has 2 rings (SSSR count). The van der Waals surface area contributed by atoms with Crippen molar-refractivity contribution in [3.05, 3.63) is 35.9 Å². The average molecular weight is 287 g/mol. The Morgan fingerprint density at radius 3 is 2.90 bits per heavy atom. The molecule has 1 unspecified atom stereocenters. The zero-order valence-electron chi connectivity index (χ0n) is 12.4. The third kappa shape index (κ3) is 4.28. The van der Waals surface area contributed by atoms with Crippen LogP contribution in [-0.2, 0) is 16.1 Å². The summed E-state index contributed by atoms with van der Waals surface area (Å²) in [5.74, 6) is -0.0863. The zero-order chi connectivity index (χ0) is 15.1. The van der Waals surface area contributed by atoms with Crippen molar-refractivity contribution in [3.63, 3.8) is 0 Å². The van der Waals surface area contributed by atoms with Gasteiger partial charge in [-0.1, -0.05) is 30.3 Å². The number of carbonyl (C=O) groups excluding carboxylic acids is 1. The molecule has 0 spiro atoms. The molecule has 1 heterocycles. The van der Waals surface area contributed by atoms with Crippen LogP contribution in [0.2, 0.25) is 0 Å². The average Bonchev–Trinajstić information content (AvgIpc) is 2.53. The maximum atomic E-state index is 12.3. The van der Waals surface area contributed by atoms with Crippen LogP contribution in [0.4, 0.5) is 0 Å². The van der Waals surface area contributed by atoms with Gasteiger partial charge in [-0.05, 0) is 12.5 Å². The van der Waals surface area contributed by atoms with Gasteiger partial charge in [0.15, 0.2) is 0 Å². The van der Waals surface area contributed by atoms with Crippen LogP contribution in [0.5, 0.6) is 0 Å². The number of carbonyl (C=O) groups is 1. The van der Waals surface area contributed by atoms with E-state index in [1.807, 2.05) is 31.2 Å². The third-order valence-electron chi connectivity index (χ3n) is 3.63. The van der Waals surface area contributed by atoms with Crippen molar-refractivity contribution in [2.45, 2.75) is 19.6 Å². The molecule has 5 nitrogen and oxygen atoms in total. The molecule has 1 amide bonds. The quantitative estimate of drug-likeness (QED) is 0.765. The summed E-state index contributed by atoms with van der Waals surface area (Å²) in [5, 5.41) is 8.77. The number of rotatable bonds is 5. The van der Waals surface area contributed by atoms with Gasteiger partial charge in [0.05, 0.1) is 12.7 Å². The Bertz CT molecular complexity index is 498. The van der Waals surface area contributed by atoms with Gasteiger partial charge in [0, 0.05) is 26.2 Å². The largest absolute Gasteiger partial charge is 0.366 e. The third-order valence-corrected chi connectivity index (χ3v) is 3.63. The van der Waals surface area contributed by atoms with Gasteiger partial charge < -0.3 is 9.64 Å². The minimum atomic E-state index is -0.462.